The molecule has 1 atom stereocenters. The van der Waals surface area contributed by atoms with Crippen molar-refractivity contribution in [1.82, 2.24) is 5.32 Å². The summed E-state index contributed by atoms with van der Waals surface area (Å²) in [7, 11) is 0. The third-order valence-corrected chi connectivity index (χ3v) is 4.30. The third kappa shape index (κ3) is 4.87. The number of thiophene rings is 1. The number of benzene rings is 1. The molecule has 0 spiro atoms. The summed E-state index contributed by atoms with van der Waals surface area (Å²) in [6.07, 6.45) is 3.19. The quantitative estimate of drug-likeness (QED) is 0.717. The Kier molecular flexibility index (Phi) is 6.77. The number of hydrogen-bond donors (Lipinski definition) is 1. The van der Waals surface area contributed by atoms with Gasteiger partial charge in [0, 0.05) is 18.0 Å². The number of nitrogens with one attached hydrogen (secondary N) is 1. The van der Waals surface area contributed by atoms with Crippen LogP contribution in [0.25, 0.3) is 0 Å². The van der Waals surface area contributed by atoms with Gasteiger partial charge in [-0.3, -0.25) is 0 Å². The molecule has 1 heterocycles. The van der Waals surface area contributed by atoms with Crippen LogP contribution < -0.4 is 10.1 Å². The van der Waals surface area contributed by atoms with Gasteiger partial charge in [0.2, 0.25) is 0 Å². The molecule has 21 heavy (non-hydrogen) atoms. The van der Waals surface area contributed by atoms with Gasteiger partial charge in [-0.1, -0.05) is 32.0 Å². The highest BCUT2D eigenvalue weighted by molar-refractivity contribution is 7.07. The lowest BCUT2D eigenvalue weighted by Crippen LogP contribution is -2.22. The largest absolute Gasteiger partial charge is 0.493 e. The van der Waals surface area contributed by atoms with E-state index in [0.717, 1.165) is 38.2 Å². The topological polar surface area (TPSA) is 21.3 Å². The average Bonchev–Trinajstić information content (AvgIpc) is 3.03. The lowest BCUT2D eigenvalue weighted by atomic mass is 10.0. The van der Waals surface area contributed by atoms with Crippen LogP contribution in [0.4, 0.5) is 0 Å². The van der Waals surface area contributed by atoms with Gasteiger partial charge in [-0.25, -0.2) is 0 Å². The molecule has 1 aromatic carbocycles. The number of rotatable bonds is 9. The Morgan fingerprint density at radius 1 is 1.19 bits per heavy atom. The van der Waals surface area contributed by atoms with Crippen molar-refractivity contribution < 1.29 is 4.74 Å². The van der Waals surface area contributed by atoms with Crippen LogP contribution in [0.2, 0.25) is 0 Å². The van der Waals surface area contributed by atoms with Crippen LogP contribution in [0.3, 0.4) is 0 Å². The molecule has 2 nitrogen and oxygen atoms in total. The lowest BCUT2D eigenvalue weighted by Gasteiger charge is -2.20. The molecule has 0 saturated heterocycles. The first-order chi connectivity index (χ1) is 10.3. The highest BCUT2D eigenvalue weighted by atomic mass is 32.1. The highest BCUT2D eigenvalue weighted by Crippen LogP contribution is 2.27. The van der Waals surface area contributed by atoms with E-state index in [1.807, 2.05) is 0 Å². The average molecular weight is 303 g/mol. The van der Waals surface area contributed by atoms with Crippen molar-refractivity contribution in [3.05, 3.63) is 52.2 Å². The van der Waals surface area contributed by atoms with Crippen LogP contribution in [-0.4, -0.2) is 13.2 Å². The van der Waals surface area contributed by atoms with Crippen LogP contribution in [0.1, 0.15) is 43.9 Å². The maximum absolute atomic E-state index is 6.04. The zero-order valence-electron chi connectivity index (χ0n) is 13.0. The Morgan fingerprint density at radius 3 is 2.76 bits per heavy atom. The smallest absolute Gasteiger partial charge is 0.124 e. The van der Waals surface area contributed by atoms with E-state index in [1.165, 1.54) is 11.1 Å². The van der Waals surface area contributed by atoms with E-state index in [-0.39, 0.29) is 0 Å². The predicted molar refractivity (Wildman–Crippen MR) is 91.3 cm³/mol. The molecule has 0 aliphatic heterocycles. The first-order valence-electron chi connectivity index (χ1n) is 7.81. The number of para-hydroxylation sites is 1. The summed E-state index contributed by atoms with van der Waals surface area (Å²) in [4.78, 5) is 0. The van der Waals surface area contributed by atoms with E-state index in [4.69, 9.17) is 4.74 Å². The Morgan fingerprint density at radius 2 is 2.05 bits per heavy atom. The standard InChI is InChI=1S/C18H25NOS/c1-3-11-19-17(4-2)16-7-5-6-8-18(16)20-12-9-15-10-13-21-14-15/h5-8,10,13-14,17,19H,3-4,9,11-12H2,1-2H3. The monoisotopic (exact) mass is 303 g/mol. The maximum Gasteiger partial charge on any atom is 0.124 e. The van der Waals surface area contributed by atoms with E-state index >= 15 is 0 Å². The van der Waals surface area contributed by atoms with Gasteiger partial charge in [0.05, 0.1) is 6.61 Å². The lowest BCUT2D eigenvalue weighted by molar-refractivity contribution is 0.313. The van der Waals surface area contributed by atoms with Gasteiger partial charge in [0.1, 0.15) is 5.75 Å². The normalized spacial score (nSPS) is 12.3. The van der Waals surface area contributed by atoms with Crippen molar-refractivity contribution >= 4 is 11.3 Å². The van der Waals surface area contributed by atoms with Crippen LogP contribution >= 0.6 is 11.3 Å². The molecular weight excluding hydrogens is 278 g/mol. The van der Waals surface area contributed by atoms with Gasteiger partial charge in [0.25, 0.3) is 0 Å². The molecule has 0 aliphatic rings. The molecule has 0 saturated carbocycles. The minimum absolute atomic E-state index is 0.377. The fourth-order valence-electron chi connectivity index (χ4n) is 2.41. The summed E-state index contributed by atoms with van der Waals surface area (Å²) >= 11 is 1.74. The first-order valence-corrected chi connectivity index (χ1v) is 8.75. The molecule has 0 aliphatic carbocycles. The summed E-state index contributed by atoms with van der Waals surface area (Å²) < 4.78 is 6.04. The van der Waals surface area contributed by atoms with Crippen LogP contribution in [0.15, 0.2) is 41.1 Å². The maximum atomic E-state index is 6.04. The van der Waals surface area contributed by atoms with E-state index in [0.29, 0.717) is 6.04 Å². The molecule has 2 aromatic rings. The van der Waals surface area contributed by atoms with E-state index in [9.17, 15) is 0 Å². The second-order valence-electron chi connectivity index (χ2n) is 5.18. The molecule has 1 N–H and O–H groups in total. The first kappa shape index (κ1) is 16.1. The Balaban J connectivity index is 1.98. The molecule has 1 aromatic heterocycles. The summed E-state index contributed by atoms with van der Waals surface area (Å²) in [6.45, 7) is 6.19. The molecule has 0 amide bonds. The van der Waals surface area contributed by atoms with Crippen LogP contribution in [0.5, 0.6) is 5.75 Å². The van der Waals surface area contributed by atoms with Crippen LogP contribution in [-0.2, 0) is 6.42 Å². The third-order valence-electron chi connectivity index (χ3n) is 3.57. The van der Waals surface area contributed by atoms with Gasteiger partial charge in [0.15, 0.2) is 0 Å². The van der Waals surface area contributed by atoms with Crippen molar-refractivity contribution in [2.45, 2.75) is 39.2 Å². The SMILES string of the molecule is CCCNC(CC)c1ccccc1OCCc1ccsc1. The van der Waals surface area contributed by atoms with Gasteiger partial charge in [-0.05, 0) is 47.8 Å². The second-order valence-corrected chi connectivity index (χ2v) is 5.96. The minimum Gasteiger partial charge on any atom is -0.493 e. The Labute approximate surface area is 132 Å². The van der Waals surface area contributed by atoms with Gasteiger partial charge >= 0.3 is 0 Å². The van der Waals surface area contributed by atoms with Gasteiger partial charge in [-0.15, -0.1) is 0 Å². The molecule has 0 fully saturated rings. The molecule has 0 bridgehead atoms. The number of ether oxygens (including phenoxy) is 1. The van der Waals surface area contributed by atoms with Gasteiger partial charge < -0.3 is 10.1 Å². The molecule has 1 unspecified atom stereocenters. The fraction of sp³-hybridized carbons (Fsp3) is 0.444. The van der Waals surface area contributed by atoms with E-state index < -0.39 is 0 Å². The predicted octanol–water partition coefficient (Wildman–Crippen LogP) is 4.82. The van der Waals surface area contributed by atoms with E-state index in [2.05, 4.69) is 60.3 Å². The molecule has 3 heteroatoms. The minimum atomic E-state index is 0.377. The van der Waals surface area contributed by atoms with Crippen LogP contribution in [0, 0.1) is 0 Å². The van der Waals surface area contributed by atoms with Crippen molar-refractivity contribution in [2.24, 2.45) is 0 Å². The fourth-order valence-corrected chi connectivity index (χ4v) is 3.11. The highest BCUT2D eigenvalue weighted by Gasteiger charge is 2.13. The molecule has 2 rings (SSSR count). The van der Waals surface area contributed by atoms with Crippen molar-refractivity contribution in [3.63, 3.8) is 0 Å². The molecule has 0 radical (unpaired) electrons. The van der Waals surface area contributed by atoms with Gasteiger partial charge in [-0.2, -0.15) is 11.3 Å². The molecule has 114 valence electrons. The van der Waals surface area contributed by atoms with Crippen molar-refractivity contribution in [1.29, 1.82) is 0 Å². The second kappa shape index (κ2) is 8.85. The summed E-state index contributed by atoms with van der Waals surface area (Å²) in [5, 5.41) is 7.90. The Bertz CT molecular complexity index is 510. The zero-order valence-corrected chi connectivity index (χ0v) is 13.8. The van der Waals surface area contributed by atoms with Crippen molar-refractivity contribution in [2.75, 3.05) is 13.2 Å². The zero-order chi connectivity index (χ0) is 14.9. The summed E-state index contributed by atoms with van der Waals surface area (Å²) in [5.74, 6) is 1.02. The summed E-state index contributed by atoms with van der Waals surface area (Å²) in [6, 6.07) is 10.9. The Hall–Kier alpha value is -1.32. The number of hydrogen-bond acceptors (Lipinski definition) is 3. The van der Waals surface area contributed by atoms with E-state index in [1.54, 1.807) is 11.3 Å². The molecular formula is C18H25NOS. The van der Waals surface area contributed by atoms with Crippen molar-refractivity contribution in [3.8, 4) is 5.75 Å². The summed E-state index contributed by atoms with van der Waals surface area (Å²) in [5.41, 5.74) is 2.63.